The van der Waals surface area contributed by atoms with Gasteiger partial charge in [0, 0.05) is 12.7 Å². The average molecular weight is 525 g/mol. The Balaban J connectivity index is 1.60. The van der Waals surface area contributed by atoms with Crippen molar-refractivity contribution in [3.63, 3.8) is 0 Å². The molecule has 0 bridgehead atoms. The summed E-state index contributed by atoms with van der Waals surface area (Å²) in [6.45, 7) is 1.98. The number of ether oxygens (including phenoxy) is 1. The van der Waals surface area contributed by atoms with Crippen LogP contribution in [0.5, 0.6) is 11.5 Å². The number of rotatable bonds is 8. The van der Waals surface area contributed by atoms with Crippen LogP contribution in [0.15, 0.2) is 84.9 Å². The van der Waals surface area contributed by atoms with Crippen molar-refractivity contribution in [1.82, 2.24) is 5.32 Å². The Kier molecular flexibility index (Phi) is 7.72. The zero-order chi connectivity index (χ0) is 28.1. The molecule has 0 atom stereocenters. The van der Waals surface area contributed by atoms with E-state index in [9.17, 15) is 29.4 Å². The van der Waals surface area contributed by atoms with E-state index in [1.165, 1.54) is 43.4 Å². The molecule has 39 heavy (non-hydrogen) atoms. The summed E-state index contributed by atoms with van der Waals surface area (Å²) in [5, 5.41) is 24.3. The monoisotopic (exact) mass is 524 g/mol. The lowest BCUT2D eigenvalue weighted by Crippen LogP contribution is -2.21. The number of benzene rings is 4. The number of carbonyl (C=O) groups is 4. The van der Waals surface area contributed by atoms with E-state index in [1.54, 1.807) is 24.3 Å². The third-order valence-corrected chi connectivity index (χ3v) is 5.92. The van der Waals surface area contributed by atoms with E-state index in [0.29, 0.717) is 28.3 Å². The van der Waals surface area contributed by atoms with Crippen LogP contribution < -0.4 is 15.4 Å². The fourth-order valence-electron chi connectivity index (χ4n) is 3.88. The van der Waals surface area contributed by atoms with E-state index < -0.39 is 23.8 Å². The van der Waals surface area contributed by atoms with Crippen LogP contribution in [0.2, 0.25) is 0 Å². The highest BCUT2D eigenvalue weighted by molar-refractivity contribution is 6.11. The molecule has 0 fully saturated rings. The van der Waals surface area contributed by atoms with Crippen LogP contribution in [0.3, 0.4) is 0 Å². The number of hydrogen-bond donors (Lipinski definition) is 4. The molecule has 0 saturated carbocycles. The van der Waals surface area contributed by atoms with Crippen molar-refractivity contribution in [3.8, 4) is 22.6 Å². The summed E-state index contributed by atoms with van der Waals surface area (Å²) >= 11 is 0. The van der Waals surface area contributed by atoms with Crippen molar-refractivity contribution in [1.29, 1.82) is 0 Å². The second kappa shape index (κ2) is 11.3. The lowest BCUT2D eigenvalue weighted by atomic mass is 9.95. The quantitative estimate of drug-likeness (QED) is 0.240. The first kappa shape index (κ1) is 26.6. The highest BCUT2D eigenvalue weighted by Gasteiger charge is 2.20. The molecule has 2 amide bonds. The van der Waals surface area contributed by atoms with Gasteiger partial charge in [-0.2, -0.15) is 0 Å². The third kappa shape index (κ3) is 6.11. The van der Waals surface area contributed by atoms with Crippen LogP contribution in [-0.2, 0) is 0 Å². The minimum Gasteiger partial charge on any atom is -0.478 e. The molecule has 0 aromatic heterocycles. The predicted octanol–water partition coefficient (Wildman–Crippen LogP) is 5.46. The van der Waals surface area contributed by atoms with Crippen LogP contribution in [0.25, 0.3) is 11.1 Å². The molecule has 0 heterocycles. The molecular weight excluding hydrogens is 500 g/mol. The first-order valence-corrected chi connectivity index (χ1v) is 11.8. The maximum absolute atomic E-state index is 13.1. The van der Waals surface area contributed by atoms with Gasteiger partial charge in [0.1, 0.15) is 11.5 Å². The molecule has 0 spiro atoms. The van der Waals surface area contributed by atoms with Crippen molar-refractivity contribution in [2.75, 3.05) is 12.4 Å². The van der Waals surface area contributed by atoms with Crippen molar-refractivity contribution in [2.24, 2.45) is 0 Å². The largest absolute Gasteiger partial charge is 0.478 e. The lowest BCUT2D eigenvalue weighted by Gasteiger charge is -2.12. The molecule has 0 aliphatic rings. The molecule has 0 aliphatic carbocycles. The first-order chi connectivity index (χ1) is 18.7. The fraction of sp³-hybridized carbons (Fsp3) is 0.0667. The summed E-state index contributed by atoms with van der Waals surface area (Å²) in [5.74, 6) is -2.60. The smallest absolute Gasteiger partial charge is 0.336 e. The molecule has 0 saturated heterocycles. The van der Waals surface area contributed by atoms with Crippen molar-refractivity contribution in [2.45, 2.75) is 6.92 Å². The summed E-state index contributed by atoms with van der Waals surface area (Å²) in [6, 6.07) is 22.5. The summed E-state index contributed by atoms with van der Waals surface area (Å²) in [6.07, 6.45) is 0. The number of nitrogens with one attached hydrogen (secondary N) is 2. The standard InChI is InChI=1S/C30H24N2O7/c1-17-3-9-21(10-4-17)39-22-11-7-20(8-12-22)32-28(34)25-15-18(6-14-24(25)29(35)36)19-5-13-23(27(33)31-2)26(16-19)30(37)38/h3-16H,1-2H3,(H,31,33)(H,32,34)(H,35,36)(H,37,38). The molecule has 9 heteroatoms. The van der Waals surface area contributed by atoms with Gasteiger partial charge in [0.05, 0.1) is 22.3 Å². The fourth-order valence-corrected chi connectivity index (χ4v) is 3.88. The molecule has 196 valence electrons. The molecule has 0 radical (unpaired) electrons. The van der Waals surface area contributed by atoms with E-state index in [2.05, 4.69) is 10.6 Å². The Labute approximate surface area is 223 Å². The molecule has 4 aromatic rings. The Morgan fingerprint density at radius 1 is 0.615 bits per heavy atom. The maximum atomic E-state index is 13.1. The molecule has 4 N–H and O–H groups in total. The highest BCUT2D eigenvalue weighted by Crippen LogP contribution is 2.27. The topological polar surface area (TPSA) is 142 Å². The summed E-state index contributed by atoms with van der Waals surface area (Å²) < 4.78 is 5.79. The van der Waals surface area contributed by atoms with Gasteiger partial charge >= 0.3 is 11.9 Å². The minimum atomic E-state index is -1.30. The number of carboxylic acids is 2. The minimum absolute atomic E-state index is 0.0244. The van der Waals surface area contributed by atoms with Crippen LogP contribution in [0.4, 0.5) is 5.69 Å². The van der Waals surface area contributed by atoms with Gasteiger partial charge in [-0.1, -0.05) is 29.8 Å². The number of hydrogen-bond acceptors (Lipinski definition) is 5. The van der Waals surface area contributed by atoms with Gasteiger partial charge in [0.25, 0.3) is 11.8 Å². The van der Waals surface area contributed by atoms with E-state index >= 15 is 0 Å². The maximum Gasteiger partial charge on any atom is 0.336 e. The van der Waals surface area contributed by atoms with Gasteiger partial charge in [0.15, 0.2) is 0 Å². The third-order valence-electron chi connectivity index (χ3n) is 5.92. The zero-order valence-electron chi connectivity index (χ0n) is 21.0. The van der Waals surface area contributed by atoms with Crippen LogP contribution in [-0.4, -0.2) is 41.0 Å². The van der Waals surface area contributed by atoms with Crippen molar-refractivity contribution < 1.29 is 34.1 Å². The van der Waals surface area contributed by atoms with E-state index in [0.717, 1.165) is 5.56 Å². The number of aryl methyl sites for hydroxylation is 1. The first-order valence-electron chi connectivity index (χ1n) is 11.8. The van der Waals surface area contributed by atoms with E-state index in [1.807, 2.05) is 31.2 Å². The Bertz CT molecular complexity index is 1580. The van der Waals surface area contributed by atoms with Crippen LogP contribution >= 0.6 is 0 Å². The SMILES string of the molecule is CNC(=O)c1ccc(-c2ccc(C(=O)O)c(C(=O)Nc3ccc(Oc4ccc(C)cc4)cc3)c2)cc1C(=O)O. The average Bonchev–Trinajstić information content (AvgIpc) is 2.94. The van der Waals surface area contributed by atoms with Gasteiger partial charge in [-0.3, -0.25) is 9.59 Å². The lowest BCUT2D eigenvalue weighted by molar-refractivity contribution is 0.0683. The number of carboxylic acid groups (broad SMARTS) is 2. The molecule has 9 nitrogen and oxygen atoms in total. The number of carbonyl (C=O) groups excluding carboxylic acids is 2. The number of anilines is 1. The molecule has 4 rings (SSSR count). The van der Waals surface area contributed by atoms with Gasteiger partial charge in [-0.15, -0.1) is 0 Å². The molecule has 0 aliphatic heterocycles. The molecular formula is C30H24N2O7. The van der Waals surface area contributed by atoms with Gasteiger partial charge in [-0.05, 0) is 78.7 Å². The second-order valence-corrected chi connectivity index (χ2v) is 8.60. The van der Waals surface area contributed by atoms with Gasteiger partial charge < -0.3 is 25.6 Å². The van der Waals surface area contributed by atoms with E-state index in [4.69, 9.17) is 4.74 Å². The zero-order valence-corrected chi connectivity index (χ0v) is 21.0. The number of aromatic carboxylic acids is 2. The summed E-state index contributed by atoms with van der Waals surface area (Å²) in [7, 11) is 1.39. The highest BCUT2D eigenvalue weighted by atomic mass is 16.5. The van der Waals surface area contributed by atoms with Crippen LogP contribution in [0.1, 0.15) is 47.0 Å². The van der Waals surface area contributed by atoms with Crippen molar-refractivity contribution >= 4 is 29.4 Å². The number of amides is 2. The molecule has 0 unspecified atom stereocenters. The summed E-state index contributed by atoms with van der Waals surface area (Å²) in [4.78, 5) is 48.8. The van der Waals surface area contributed by atoms with Crippen molar-refractivity contribution in [3.05, 3.63) is 113 Å². The normalized spacial score (nSPS) is 10.4. The van der Waals surface area contributed by atoms with E-state index in [-0.39, 0.29) is 22.3 Å². The Hall–Kier alpha value is -5.44. The Morgan fingerprint density at radius 2 is 1.13 bits per heavy atom. The predicted molar refractivity (Wildman–Crippen MR) is 145 cm³/mol. The molecule has 4 aromatic carbocycles. The second-order valence-electron chi connectivity index (χ2n) is 8.60. The Morgan fingerprint density at radius 3 is 1.67 bits per heavy atom. The van der Waals surface area contributed by atoms with Gasteiger partial charge in [-0.25, -0.2) is 9.59 Å². The van der Waals surface area contributed by atoms with Gasteiger partial charge in [0.2, 0.25) is 0 Å². The summed E-state index contributed by atoms with van der Waals surface area (Å²) in [5.41, 5.74) is 1.72. The van der Waals surface area contributed by atoms with Crippen LogP contribution in [0, 0.1) is 6.92 Å².